The Labute approximate surface area is 123 Å². The molecular formula is C15H27BrN2. The molecule has 0 aliphatic carbocycles. The van der Waals surface area contributed by atoms with Crippen LogP contribution >= 0.6 is 0 Å². The van der Waals surface area contributed by atoms with Crippen molar-refractivity contribution in [3.63, 3.8) is 0 Å². The van der Waals surface area contributed by atoms with Crippen molar-refractivity contribution in [1.29, 1.82) is 0 Å². The molecule has 3 heteroatoms. The zero-order chi connectivity index (χ0) is 12.7. The predicted octanol–water partition coefficient (Wildman–Crippen LogP) is 0.261. The van der Waals surface area contributed by atoms with Crippen LogP contribution < -0.4 is 26.4 Å². The van der Waals surface area contributed by atoms with Crippen LogP contribution in [-0.2, 0) is 6.54 Å². The zero-order valence-corrected chi connectivity index (χ0v) is 13.8. The van der Waals surface area contributed by atoms with E-state index >= 15 is 0 Å². The van der Waals surface area contributed by atoms with Crippen LogP contribution in [0.5, 0.6) is 0 Å². The van der Waals surface area contributed by atoms with Gasteiger partial charge in [-0.05, 0) is 12.8 Å². The third-order valence-corrected chi connectivity index (χ3v) is 3.40. The van der Waals surface area contributed by atoms with Gasteiger partial charge in [0.15, 0.2) is 18.9 Å². The molecule has 18 heavy (non-hydrogen) atoms. The van der Waals surface area contributed by atoms with Crippen molar-refractivity contribution in [1.82, 2.24) is 0 Å². The third kappa shape index (κ3) is 5.85. The summed E-state index contributed by atoms with van der Waals surface area (Å²) in [5.41, 5.74) is 1.27. The summed E-state index contributed by atoms with van der Waals surface area (Å²) in [6, 6.07) is 4.37. The molecule has 0 fully saturated rings. The number of hydrogen-bond acceptors (Lipinski definition) is 1. The maximum Gasteiger partial charge on any atom is 0.170 e. The number of hydrogen-bond donors (Lipinski definition) is 0. The molecule has 1 unspecified atom stereocenters. The summed E-state index contributed by atoms with van der Waals surface area (Å²) in [6.45, 7) is 5.73. The lowest BCUT2D eigenvalue weighted by molar-refractivity contribution is -0.703. The smallest absolute Gasteiger partial charge is 0.170 e. The molecule has 1 aromatic rings. The van der Waals surface area contributed by atoms with Gasteiger partial charge in [-0.15, -0.1) is 0 Å². The van der Waals surface area contributed by atoms with Crippen LogP contribution in [0.4, 0.5) is 5.69 Å². The van der Waals surface area contributed by atoms with E-state index in [1.165, 1.54) is 31.4 Å². The number of rotatable bonds is 7. The van der Waals surface area contributed by atoms with Gasteiger partial charge < -0.3 is 21.9 Å². The standard InChI is InChI=1S/C15H27N2.BrH/c1-5-7-8-14(6-2)13-17-11-9-15(10-12-17)16(3)4;/h9-12,14H,5-8,13H2,1-4H3;1H/q+1;/p-1. The first-order valence-corrected chi connectivity index (χ1v) is 6.83. The summed E-state index contributed by atoms with van der Waals surface area (Å²) >= 11 is 0. The van der Waals surface area contributed by atoms with Crippen LogP contribution in [0.25, 0.3) is 0 Å². The van der Waals surface area contributed by atoms with E-state index in [2.05, 4.69) is 61.9 Å². The molecule has 0 N–H and O–H groups in total. The van der Waals surface area contributed by atoms with Gasteiger partial charge >= 0.3 is 0 Å². The highest BCUT2D eigenvalue weighted by Crippen LogP contribution is 2.13. The van der Waals surface area contributed by atoms with Gasteiger partial charge in [0.05, 0.1) is 0 Å². The summed E-state index contributed by atoms with van der Waals surface area (Å²) in [5, 5.41) is 0. The number of anilines is 1. The second-order valence-corrected chi connectivity index (χ2v) is 5.06. The maximum atomic E-state index is 2.32. The average molecular weight is 315 g/mol. The molecule has 0 aliphatic heterocycles. The molecule has 0 saturated heterocycles. The Morgan fingerprint density at radius 3 is 2.22 bits per heavy atom. The van der Waals surface area contributed by atoms with Gasteiger partial charge in [-0.2, -0.15) is 0 Å². The van der Waals surface area contributed by atoms with Gasteiger partial charge in [-0.25, -0.2) is 4.57 Å². The quantitative estimate of drug-likeness (QED) is 0.655. The Morgan fingerprint density at radius 1 is 1.17 bits per heavy atom. The topological polar surface area (TPSA) is 7.12 Å². The summed E-state index contributed by atoms with van der Waals surface area (Å²) in [7, 11) is 4.16. The lowest BCUT2D eigenvalue weighted by Crippen LogP contribution is -3.00. The van der Waals surface area contributed by atoms with Crippen LogP contribution in [0.2, 0.25) is 0 Å². The number of unbranched alkanes of at least 4 members (excludes halogenated alkanes) is 1. The number of aromatic nitrogens is 1. The highest BCUT2D eigenvalue weighted by molar-refractivity contribution is 5.41. The Bertz CT molecular complexity index is 309. The Kier molecular flexibility index (Phi) is 9.08. The van der Waals surface area contributed by atoms with Gasteiger partial charge in [0.25, 0.3) is 0 Å². The molecule has 0 bridgehead atoms. The minimum absolute atomic E-state index is 0. The molecule has 1 atom stereocenters. The van der Waals surface area contributed by atoms with Gasteiger partial charge in [0.2, 0.25) is 0 Å². The van der Waals surface area contributed by atoms with Crippen molar-refractivity contribution in [2.24, 2.45) is 5.92 Å². The highest BCUT2D eigenvalue weighted by atomic mass is 79.9. The van der Waals surface area contributed by atoms with Crippen molar-refractivity contribution < 1.29 is 21.5 Å². The largest absolute Gasteiger partial charge is 1.00 e. The summed E-state index contributed by atoms with van der Waals surface area (Å²) < 4.78 is 2.32. The summed E-state index contributed by atoms with van der Waals surface area (Å²) in [5.74, 6) is 0.824. The average Bonchev–Trinajstić information content (AvgIpc) is 2.35. The molecule has 104 valence electrons. The van der Waals surface area contributed by atoms with Crippen LogP contribution in [-0.4, -0.2) is 14.1 Å². The molecular weight excluding hydrogens is 288 g/mol. The van der Waals surface area contributed by atoms with Crippen molar-refractivity contribution in [2.75, 3.05) is 19.0 Å². The fraction of sp³-hybridized carbons (Fsp3) is 0.667. The van der Waals surface area contributed by atoms with E-state index < -0.39 is 0 Å². The Morgan fingerprint density at radius 2 is 1.78 bits per heavy atom. The van der Waals surface area contributed by atoms with E-state index in [4.69, 9.17) is 0 Å². The Hall–Kier alpha value is -0.570. The van der Waals surface area contributed by atoms with Gasteiger partial charge in [-0.1, -0.05) is 26.7 Å². The molecule has 0 radical (unpaired) electrons. The molecule has 0 saturated carbocycles. The third-order valence-electron chi connectivity index (χ3n) is 3.40. The fourth-order valence-electron chi connectivity index (χ4n) is 2.08. The van der Waals surface area contributed by atoms with Crippen LogP contribution in [0, 0.1) is 5.92 Å². The van der Waals surface area contributed by atoms with E-state index in [0.717, 1.165) is 12.5 Å². The SMILES string of the molecule is CCCCC(CC)C[n+]1ccc(N(C)C)cc1.[Br-]. The van der Waals surface area contributed by atoms with Crippen molar-refractivity contribution in [2.45, 2.75) is 46.1 Å². The monoisotopic (exact) mass is 314 g/mol. The van der Waals surface area contributed by atoms with E-state index in [9.17, 15) is 0 Å². The minimum atomic E-state index is 0. The molecule has 0 aliphatic rings. The van der Waals surface area contributed by atoms with E-state index in [1.54, 1.807) is 0 Å². The number of nitrogens with zero attached hydrogens (tertiary/aromatic N) is 2. The Balaban J connectivity index is 0.00000289. The lowest BCUT2D eigenvalue weighted by Gasteiger charge is -2.13. The maximum absolute atomic E-state index is 2.32. The summed E-state index contributed by atoms with van der Waals surface area (Å²) in [6.07, 6.45) is 9.70. The summed E-state index contributed by atoms with van der Waals surface area (Å²) in [4.78, 5) is 2.14. The van der Waals surface area contributed by atoms with Crippen LogP contribution in [0.1, 0.15) is 39.5 Å². The zero-order valence-electron chi connectivity index (χ0n) is 12.2. The van der Waals surface area contributed by atoms with Crippen molar-refractivity contribution in [3.8, 4) is 0 Å². The first-order chi connectivity index (χ1) is 8.17. The van der Waals surface area contributed by atoms with Crippen molar-refractivity contribution >= 4 is 5.69 Å². The molecule has 1 aromatic heterocycles. The fourth-order valence-corrected chi connectivity index (χ4v) is 2.08. The molecule has 0 amide bonds. The first kappa shape index (κ1) is 17.4. The molecule has 0 aromatic carbocycles. The molecule has 1 heterocycles. The minimum Gasteiger partial charge on any atom is -1.00 e. The highest BCUT2D eigenvalue weighted by Gasteiger charge is 2.11. The van der Waals surface area contributed by atoms with Crippen molar-refractivity contribution in [3.05, 3.63) is 24.5 Å². The van der Waals surface area contributed by atoms with E-state index in [0.29, 0.717) is 0 Å². The first-order valence-electron chi connectivity index (χ1n) is 6.83. The van der Waals surface area contributed by atoms with Crippen LogP contribution in [0.15, 0.2) is 24.5 Å². The molecule has 0 spiro atoms. The molecule has 1 rings (SSSR count). The van der Waals surface area contributed by atoms with Gasteiger partial charge in [-0.3, -0.25) is 0 Å². The normalized spacial score (nSPS) is 11.8. The lowest BCUT2D eigenvalue weighted by atomic mass is 9.99. The predicted molar refractivity (Wildman–Crippen MR) is 74.3 cm³/mol. The number of pyridine rings is 1. The molecule has 2 nitrogen and oxygen atoms in total. The van der Waals surface area contributed by atoms with Gasteiger partial charge in [0.1, 0.15) is 0 Å². The van der Waals surface area contributed by atoms with E-state index in [-0.39, 0.29) is 17.0 Å². The second-order valence-electron chi connectivity index (χ2n) is 5.06. The van der Waals surface area contributed by atoms with Crippen LogP contribution in [0.3, 0.4) is 0 Å². The second kappa shape index (κ2) is 9.37. The van der Waals surface area contributed by atoms with Gasteiger partial charge in [0, 0.05) is 37.8 Å². The van der Waals surface area contributed by atoms with E-state index in [1.807, 2.05) is 0 Å². The number of halogens is 1.